The lowest BCUT2D eigenvalue weighted by Gasteiger charge is -1.96. The second-order valence-electron chi connectivity index (χ2n) is 2.81. The highest BCUT2D eigenvalue weighted by molar-refractivity contribution is 6.17. The summed E-state index contributed by atoms with van der Waals surface area (Å²) >= 11 is 5.55. The van der Waals surface area contributed by atoms with Crippen LogP contribution < -0.4 is 0 Å². The molecule has 0 atom stereocenters. The fourth-order valence-corrected chi connectivity index (χ4v) is 1.24. The van der Waals surface area contributed by atoms with Crippen LogP contribution in [0.2, 0.25) is 0 Å². The van der Waals surface area contributed by atoms with E-state index in [-0.39, 0.29) is 0 Å². The standard InChI is InChI=1S/C10H19Cl/c1-2-3-4-5-6-7-8-9-10-11/h2-3H,4-10H2,1H3/b3-2+. The molecule has 0 saturated heterocycles. The maximum absolute atomic E-state index is 5.55. The van der Waals surface area contributed by atoms with Gasteiger partial charge in [-0.05, 0) is 26.2 Å². The number of hydrogen-bond acceptors (Lipinski definition) is 0. The molecular formula is C10H19Cl. The van der Waals surface area contributed by atoms with Crippen LogP contribution >= 0.6 is 11.6 Å². The Morgan fingerprint density at radius 2 is 1.64 bits per heavy atom. The van der Waals surface area contributed by atoms with E-state index >= 15 is 0 Å². The number of unbranched alkanes of at least 4 members (excludes halogenated alkanes) is 5. The SMILES string of the molecule is C/C=C/CCCCCCCCl. The van der Waals surface area contributed by atoms with Crippen molar-refractivity contribution < 1.29 is 0 Å². The van der Waals surface area contributed by atoms with Gasteiger partial charge in [-0.2, -0.15) is 0 Å². The van der Waals surface area contributed by atoms with E-state index in [1.54, 1.807) is 0 Å². The van der Waals surface area contributed by atoms with Gasteiger partial charge in [-0.1, -0.05) is 31.4 Å². The molecule has 0 aliphatic heterocycles. The van der Waals surface area contributed by atoms with Crippen LogP contribution in [-0.2, 0) is 0 Å². The fourth-order valence-electron chi connectivity index (χ4n) is 1.05. The largest absolute Gasteiger partial charge is 0.127 e. The highest BCUT2D eigenvalue weighted by atomic mass is 35.5. The van der Waals surface area contributed by atoms with Gasteiger partial charge in [-0.3, -0.25) is 0 Å². The molecule has 0 unspecified atom stereocenters. The minimum absolute atomic E-state index is 0.828. The highest BCUT2D eigenvalue weighted by Gasteiger charge is 1.87. The Balaban J connectivity index is 2.79. The molecule has 11 heavy (non-hydrogen) atoms. The summed E-state index contributed by atoms with van der Waals surface area (Å²) in [6, 6.07) is 0. The zero-order chi connectivity index (χ0) is 8.36. The van der Waals surface area contributed by atoms with Crippen molar-refractivity contribution in [1.29, 1.82) is 0 Å². The molecule has 0 aliphatic carbocycles. The molecule has 0 fully saturated rings. The summed E-state index contributed by atoms with van der Waals surface area (Å²) in [5.41, 5.74) is 0. The monoisotopic (exact) mass is 174 g/mol. The Hall–Kier alpha value is 0.0300. The first-order chi connectivity index (χ1) is 5.41. The Morgan fingerprint density at radius 3 is 2.27 bits per heavy atom. The molecule has 0 N–H and O–H groups in total. The van der Waals surface area contributed by atoms with Crippen LogP contribution in [0, 0.1) is 0 Å². The van der Waals surface area contributed by atoms with Crippen molar-refractivity contribution in [2.24, 2.45) is 0 Å². The summed E-state index contributed by atoms with van der Waals surface area (Å²) in [4.78, 5) is 0. The molecule has 1 heteroatoms. The Bertz CT molecular complexity index is 86.9. The van der Waals surface area contributed by atoms with Crippen molar-refractivity contribution >= 4 is 11.6 Å². The van der Waals surface area contributed by atoms with Crippen molar-refractivity contribution in [3.63, 3.8) is 0 Å². The second-order valence-corrected chi connectivity index (χ2v) is 3.19. The van der Waals surface area contributed by atoms with Crippen molar-refractivity contribution in [2.75, 3.05) is 5.88 Å². The van der Waals surface area contributed by atoms with Crippen LogP contribution in [-0.4, -0.2) is 5.88 Å². The van der Waals surface area contributed by atoms with E-state index in [1.165, 1.54) is 38.5 Å². The number of halogens is 1. The van der Waals surface area contributed by atoms with Gasteiger partial charge in [0.25, 0.3) is 0 Å². The molecule has 0 aromatic carbocycles. The first-order valence-electron chi connectivity index (χ1n) is 4.59. The van der Waals surface area contributed by atoms with E-state index in [9.17, 15) is 0 Å². The fraction of sp³-hybridized carbons (Fsp3) is 0.800. The molecule has 0 heterocycles. The summed E-state index contributed by atoms with van der Waals surface area (Å²) in [7, 11) is 0. The topological polar surface area (TPSA) is 0 Å². The molecule has 0 spiro atoms. The van der Waals surface area contributed by atoms with Gasteiger partial charge >= 0.3 is 0 Å². The van der Waals surface area contributed by atoms with E-state index in [1.807, 2.05) is 0 Å². The lowest BCUT2D eigenvalue weighted by Crippen LogP contribution is -1.79. The maximum Gasteiger partial charge on any atom is 0.0223 e. The predicted octanol–water partition coefficient (Wildman–Crippen LogP) is 4.14. The van der Waals surface area contributed by atoms with Crippen molar-refractivity contribution in [3.05, 3.63) is 12.2 Å². The quantitative estimate of drug-likeness (QED) is 0.309. The zero-order valence-electron chi connectivity index (χ0n) is 7.48. The molecule has 0 radical (unpaired) electrons. The lowest BCUT2D eigenvalue weighted by atomic mass is 10.1. The summed E-state index contributed by atoms with van der Waals surface area (Å²) in [6.45, 7) is 2.08. The third-order valence-corrected chi connectivity index (χ3v) is 2.01. The van der Waals surface area contributed by atoms with Crippen LogP contribution in [0.25, 0.3) is 0 Å². The summed E-state index contributed by atoms with van der Waals surface area (Å²) in [5.74, 6) is 0.828. The molecule has 0 aliphatic rings. The number of rotatable bonds is 7. The van der Waals surface area contributed by atoms with Gasteiger partial charge in [0.1, 0.15) is 0 Å². The van der Waals surface area contributed by atoms with Crippen LogP contribution in [0.4, 0.5) is 0 Å². The Labute approximate surface area is 75.6 Å². The minimum Gasteiger partial charge on any atom is -0.127 e. The molecule has 0 nitrogen and oxygen atoms in total. The van der Waals surface area contributed by atoms with E-state index in [0.29, 0.717) is 0 Å². The number of allylic oxidation sites excluding steroid dienone is 2. The van der Waals surface area contributed by atoms with Gasteiger partial charge in [0.05, 0.1) is 0 Å². The Morgan fingerprint density at radius 1 is 1.00 bits per heavy atom. The minimum atomic E-state index is 0.828. The normalized spacial score (nSPS) is 11.1. The summed E-state index contributed by atoms with van der Waals surface area (Å²) in [6.07, 6.45) is 12.2. The van der Waals surface area contributed by atoms with Crippen LogP contribution in [0.1, 0.15) is 45.4 Å². The third kappa shape index (κ3) is 10.0. The number of alkyl halides is 1. The molecule has 0 bridgehead atoms. The van der Waals surface area contributed by atoms with Gasteiger partial charge in [0.15, 0.2) is 0 Å². The van der Waals surface area contributed by atoms with Gasteiger partial charge < -0.3 is 0 Å². The molecule has 66 valence electrons. The Kier molecular flexibility index (Phi) is 10.1. The van der Waals surface area contributed by atoms with Crippen molar-refractivity contribution in [3.8, 4) is 0 Å². The molecule has 0 amide bonds. The van der Waals surface area contributed by atoms with E-state index in [4.69, 9.17) is 11.6 Å². The number of hydrogen-bond donors (Lipinski definition) is 0. The molecule has 0 aromatic rings. The second kappa shape index (κ2) is 10.0. The maximum atomic E-state index is 5.55. The van der Waals surface area contributed by atoms with E-state index in [2.05, 4.69) is 19.1 Å². The summed E-state index contributed by atoms with van der Waals surface area (Å²) < 4.78 is 0. The summed E-state index contributed by atoms with van der Waals surface area (Å²) in [5, 5.41) is 0. The first-order valence-corrected chi connectivity index (χ1v) is 5.12. The lowest BCUT2D eigenvalue weighted by molar-refractivity contribution is 0.639. The molecule has 0 aromatic heterocycles. The predicted molar refractivity (Wildman–Crippen MR) is 53.2 cm³/mol. The van der Waals surface area contributed by atoms with Gasteiger partial charge in [-0.25, -0.2) is 0 Å². The average molecular weight is 175 g/mol. The zero-order valence-corrected chi connectivity index (χ0v) is 8.24. The molecule has 0 rings (SSSR count). The van der Waals surface area contributed by atoms with E-state index in [0.717, 1.165) is 5.88 Å². The molecular weight excluding hydrogens is 156 g/mol. The average Bonchev–Trinajstić information content (AvgIpc) is 2.03. The smallest absolute Gasteiger partial charge is 0.0223 e. The van der Waals surface area contributed by atoms with Gasteiger partial charge in [-0.15, -0.1) is 11.6 Å². The van der Waals surface area contributed by atoms with E-state index < -0.39 is 0 Å². The van der Waals surface area contributed by atoms with Crippen LogP contribution in [0.5, 0.6) is 0 Å². The third-order valence-electron chi connectivity index (χ3n) is 1.74. The first kappa shape index (κ1) is 11.0. The highest BCUT2D eigenvalue weighted by Crippen LogP contribution is 2.06. The van der Waals surface area contributed by atoms with Crippen molar-refractivity contribution in [2.45, 2.75) is 45.4 Å². The van der Waals surface area contributed by atoms with Crippen molar-refractivity contribution in [1.82, 2.24) is 0 Å². The molecule has 0 saturated carbocycles. The van der Waals surface area contributed by atoms with Crippen LogP contribution in [0.3, 0.4) is 0 Å². The van der Waals surface area contributed by atoms with Crippen LogP contribution in [0.15, 0.2) is 12.2 Å². The van der Waals surface area contributed by atoms with Gasteiger partial charge in [0.2, 0.25) is 0 Å². The van der Waals surface area contributed by atoms with Gasteiger partial charge in [0, 0.05) is 5.88 Å².